The summed E-state index contributed by atoms with van der Waals surface area (Å²) in [6, 6.07) is 38.4. The van der Waals surface area contributed by atoms with E-state index in [4.69, 9.17) is 11.5 Å². The molecule has 362 valence electrons. The number of halogens is 2. The Kier molecular flexibility index (Phi) is 20.1. The summed E-state index contributed by atoms with van der Waals surface area (Å²) in [4.78, 5) is 61.2. The van der Waals surface area contributed by atoms with E-state index < -0.39 is 83.9 Å². The normalized spacial score (nSPS) is 14.8. The number of rotatable bonds is 19. The number of carbonyl (C=O) groups is 4. The number of anilines is 2. The zero-order valence-corrected chi connectivity index (χ0v) is 41.1. The van der Waals surface area contributed by atoms with Crippen LogP contribution in [0.15, 0.2) is 146 Å². The van der Waals surface area contributed by atoms with Gasteiger partial charge in [0.15, 0.2) is 0 Å². The van der Waals surface area contributed by atoms with Gasteiger partial charge in [0.05, 0.1) is 35.5 Å². The van der Waals surface area contributed by atoms with Crippen LogP contribution >= 0.6 is 24.8 Å². The molecule has 14 heteroatoms. The highest BCUT2D eigenvalue weighted by atomic mass is 35.5. The summed E-state index contributed by atoms with van der Waals surface area (Å²) in [5, 5.41) is 34.3. The number of hydrogen-bond acceptors (Lipinski definition) is 8. The van der Waals surface area contributed by atoms with Crippen molar-refractivity contribution in [3.8, 4) is 0 Å². The van der Waals surface area contributed by atoms with Gasteiger partial charge in [0.25, 0.3) is 0 Å². The molecule has 6 rings (SSSR count). The first-order valence-electron chi connectivity index (χ1n) is 22.8. The van der Waals surface area contributed by atoms with Crippen molar-refractivity contribution in [3.63, 3.8) is 0 Å². The van der Waals surface area contributed by atoms with E-state index in [1.165, 1.54) is 9.80 Å². The first-order valence-corrected chi connectivity index (χ1v) is 22.8. The lowest BCUT2D eigenvalue weighted by Gasteiger charge is -2.39. The fourth-order valence-electron chi connectivity index (χ4n) is 8.79. The Morgan fingerprint density at radius 3 is 1.10 bits per heavy atom. The van der Waals surface area contributed by atoms with Gasteiger partial charge in [0.2, 0.25) is 23.6 Å². The van der Waals surface area contributed by atoms with Crippen LogP contribution in [-0.4, -0.2) is 82.3 Å². The summed E-state index contributed by atoms with van der Waals surface area (Å²) in [5.41, 5.74) is 15.1. The van der Waals surface area contributed by atoms with Gasteiger partial charge in [-0.2, -0.15) is 0 Å². The third-order valence-electron chi connectivity index (χ3n) is 12.1. The minimum absolute atomic E-state index is 0. The number of fused-ring (bicyclic) bond motifs is 2. The molecular weight excluding hydrogens is 900 g/mol. The van der Waals surface area contributed by atoms with Crippen LogP contribution in [0.2, 0.25) is 0 Å². The van der Waals surface area contributed by atoms with Crippen molar-refractivity contribution in [1.29, 1.82) is 0 Å². The molecule has 6 aromatic carbocycles. The zero-order valence-electron chi connectivity index (χ0n) is 39.4. The van der Waals surface area contributed by atoms with Gasteiger partial charge in [-0.05, 0) is 72.6 Å². The topological polar surface area (TPSA) is 191 Å². The minimum atomic E-state index is -1.66. The van der Waals surface area contributed by atoms with E-state index in [9.17, 15) is 29.4 Å². The third kappa shape index (κ3) is 12.8. The van der Waals surface area contributed by atoms with Crippen LogP contribution in [0.5, 0.6) is 0 Å². The van der Waals surface area contributed by atoms with Gasteiger partial charge < -0.3 is 32.3 Å². The van der Waals surface area contributed by atoms with Crippen LogP contribution in [0.3, 0.4) is 0 Å². The van der Waals surface area contributed by atoms with Gasteiger partial charge in [0.1, 0.15) is 24.3 Å². The number of nitrogens with one attached hydrogen (secondary N) is 2. The molecular formula is C54H66Cl2N6O6. The Hall–Kier alpha value is -5.86. The van der Waals surface area contributed by atoms with Crippen LogP contribution < -0.4 is 31.9 Å². The average molecular weight is 966 g/mol. The molecule has 12 nitrogen and oxygen atoms in total. The molecule has 0 bridgehead atoms. The lowest BCUT2D eigenvalue weighted by atomic mass is 9.89. The molecule has 0 spiro atoms. The van der Waals surface area contributed by atoms with E-state index in [1.54, 1.807) is 26.0 Å². The molecule has 0 unspecified atom stereocenters. The highest BCUT2D eigenvalue weighted by Gasteiger charge is 2.42. The van der Waals surface area contributed by atoms with Crippen molar-refractivity contribution in [2.75, 3.05) is 9.80 Å². The van der Waals surface area contributed by atoms with Crippen molar-refractivity contribution in [2.24, 2.45) is 23.3 Å². The Balaban J connectivity index is 0.00000504. The Bertz CT molecular complexity index is 2410. The molecule has 8 atom stereocenters. The van der Waals surface area contributed by atoms with Gasteiger partial charge in [-0.3, -0.25) is 29.0 Å². The highest BCUT2D eigenvalue weighted by Crippen LogP contribution is 2.33. The van der Waals surface area contributed by atoms with E-state index in [0.717, 1.165) is 32.7 Å². The number of aliphatic hydroxyl groups excluding tert-OH is 2. The zero-order chi connectivity index (χ0) is 47.7. The maximum Gasteiger partial charge on any atom is 0.244 e. The van der Waals surface area contributed by atoms with E-state index in [1.807, 2.05) is 161 Å². The molecule has 0 aromatic heterocycles. The van der Waals surface area contributed by atoms with E-state index in [0.29, 0.717) is 11.4 Å². The van der Waals surface area contributed by atoms with Crippen LogP contribution in [0.4, 0.5) is 11.4 Å². The number of hydrogen-bond donors (Lipinski definition) is 6. The van der Waals surface area contributed by atoms with Crippen molar-refractivity contribution < 1.29 is 29.4 Å². The molecule has 0 heterocycles. The number of aliphatic hydroxyl groups is 2. The van der Waals surface area contributed by atoms with Crippen LogP contribution in [-0.2, 0) is 32.0 Å². The van der Waals surface area contributed by atoms with Gasteiger partial charge >= 0.3 is 0 Å². The van der Waals surface area contributed by atoms with Gasteiger partial charge in [0, 0.05) is 10.8 Å². The molecule has 0 aliphatic carbocycles. The summed E-state index contributed by atoms with van der Waals surface area (Å²) < 4.78 is 0. The number of carbonyl (C=O) groups excluding carboxylic acids is 4. The summed E-state index contributed by atoms with van der Waals surface area (Å²) in [6.07, 6.45) is -3.15. The molecule has 68 heavy (non-hydrogen) atoms. The summed E-state index contributed by atoms with van der Waals surface area (Å²) >= 11 is 0. The van der Waals surface area contributed by atoms with Crippen LogP contribution in [0.1, 0.15) is 52.7 Å². The lowest BCUT2D eigenvalue weighted by molar-refractivity contribution is -0.131. The molecule has 0 radical (unpaired) electrons. The Labute approximate surface area is 412 Å². The molecule has 0 saturated carbocycles. The lowest BCUT2D eigenvalue weighted by Crippen LogP contribution is -2.63. The summed E-state index contributed by atoms with van der Waals surface area (Å²) in [7, 11) is 0. The second-order valence-corrected chi connectivity index (χ2v) is 18.0. The largest absolute Gasteiger partial charge is 0.388 e. The van der Waals surface area contributed by atoms with Crippen molar-refractivity contribution in [1.82, 2.24) is 10.6 Å². The molecule has 6 aromatic rings. The highest BCUT2D eigenvalue weighted by molar-refractivity contribution is 6.10. The molecule has 0 aliphatic rings. The van der Waals surface area contributed by atoms with Gasteiger partial charge in [-0.15, -0.1) is 24.8 Å². The standard InChI is InChI=1S/C54H64N6O6.2ClH/c1-33(2)47(59(53(65)35(5)55)45-29-17-25-39-23-13-15-27-41(39)45)51(63)57-43(31-37-19-9-7-10-20-37)49(61)50(62)44(32-38-21-11-8-12-22-38)58-52(64)48(34(3)4)60(54(66)36(6)56)46-30-18-26-40-24-14-16-28-42(40)46;;/h7-30,33-36,43-44,47-50,61-62H,31-32,55-56H2,1-6H3,(H,57,63)(H,58,64);2*1H/t35-,36-,43-,44-,47-,48-,49+,50+;;/m0../s1. The number of nitrogens with two attached hydrogens (primary N) is 2. The van der Waals surface area contributed by atoms with Gasteiger partial charge in [-0.1, -0.05) is 161 Å². The molecule has 4 amide bonds. The molecule has 0 saturated heterocycles. The molecule has 0 fully saturated rings. The number of benzene rings is 6. The second kappa shape index (κ2) is 25.0. The van der Waals surface area contributed by atoms with Crippen LogP contribution in [0.25, 0.3) is 21.5 Å². The maximum atomic E-state index is 15.0. The van der Waals surface area contributed by atoms with E-state index in [2.05, 4.69) is 10.6 Å². The summed E-state index contributed by atoms with van der Waals surface area (Å²) in [5.74, 6) is -2.94. The Morgan fingerprint density at radius 1 is 0.471 bits per heavy atom. The monoisotopic (exact) mass is 964 g/mol. The first-order chi connectivity index (χ1) is 31.6. The molecule has 0 aliphatic heterocycles. The summed E-state index contributed by atoms with van der Waals surface area (Å²) in [6.45, 7) is 10.5. The van der Waals surface area contributed by atoms with E-state index in [-0.39, 0.29) is 37.7 Å². The van der Waals surface area contributed by atoms with E-state index >= 15 is 0 Å². The SMILES string of the molecule is CC(C)[C@@H](C(=O)N[C@@H](Cc1ccccc1)[C@@H](O)[C@H](O)[C@H](Cc1ccccc1)NC(=O)[C@H](C(C)C)N(C(=O)[C@H](C)N)c1cccc2ccccc12)N(C(=O)[C@H](C)N)c1cccc2ccccc12.Cl.Cl. The fourth-order valence-corrected chi connectivity index (χ4v) is 8.79. The first kappa shape index (κ1) is 54.7. The Morgan fingerprint density at radius 2 is 0.779 bits per heavy atom. The fraction of sp³-hybridized carbons (Fsp3) is 0.333. The van der Waals surface area contributed by atoms with Crippen molar-refractivity contribution in [3.05, 3.63) is 157 Å². The van der Waals surface area contributed by atoms with Gasteiger partial charge in [-0.25, -0.2) is 0 Å². The number of amides is 4. The smallest absolute Gasteiger partial charge is 0.244 e. The van der Waals surface area contributed by atoms with Crippen LogP contribution in [0, 0.1) is 11.8 Å². The third-order valence-corrected chi connectivity index (χ3v) is 12.1. The average Bonchev–Trinajstić information content (AvgIpc) is 3.31. The van der Waals surface area contributed by atoms with Crippen molar-refractivity contribution in [2.45, 2.75) is 103 Å². The van der Waals surface area contributed by atoms with Crippen molar-refractivity contribution >= 4 is 81.4 Å². The maximum absolute atomic E-state index is 15.0. The predicted molar refractivity (Wildman–Crippen MR) is 278 cm³/mol. The predicted octanol–water partition coefficient (Wildman–Crippen LogP) is 7.12. The number of nitrogens with zero attached hydrogens (tertiary/aromatic N) is 2. The second-order valence-electron chi connectivity index (χ2n) is 18.0. The molecule has 8 N–H and O–H groups in total. The quantitative estimate of drug-likeness (QED) is 0.0495. The minimum Gasteiger partial charge on any atom is -0.388 e.